The second-order valence-electron chi connectivity index (χ2n) is 7.53. The number of carbonyl (C=O) groups excluding carboxylic acids is 1. The fraction of sp³-hybridized carbons (Fsp3) is 0.364. The molecule has 26 heavy (non-hydrogen) atoms. The molecule has 0 aliphatic heterocycles. The summed E-state index contributed by atoms with van der Waals surface area (Å²) in [6.45, 7) is 4.10. The summed E-state index contributed by atoms with van der Waals surface area (Å²) in [6.07, 6.45) is 9.60. The standard InChI is InChI=1S/C22H25N3O/c1-15-9-10-25-14-20(23-21(25)11-15)18-8-7-16(2)19(13-18)24-22(26)12-17-5-3-4-6-17/h7-11,13-14,17H,3-6,12H2,1-2H3,(H,24,26). The molecule has 2 aromatic heterocycles. The van der Waals surface area contributed by atoms with Gasteiger partial charge in [0, 0.05) is 30.1 Å². The molecule has 1 amide bonds. The van der Waals surface area contributed by atoms with E-state index in [9.17, 15) is 4.79 Å². The largest absolute Gasteiger partial charge is 0.326 e. The average molecular weight is 347 g/mol. The van der Waals surface area contributed by atoms with E-state index in [2.05, 4.69) is 36.5 Å². The first-order chi connectivity index (χ1) is 12.6. The van der Waals surface area contributed by atoms with Gasteiger partial charge in [0.1, 0.15) is 5.65 Å². The van der Waals surface area contributed by atoms with Crippen molar-refractivity contribution < 1.29 is 4.79 Å². The number of aromatic nitrogens is 2. The molecule has 1 saturated carbocycles. The Balaban J connectivity index is 1.57. The highest BCUT2D eigenvalue weighted by atomic mass is 16.1. The Hall–Kier alpha value is -2.62. The molecule has 0 spiro atoms. The lowest BCUT2D eigenvalue weighted by atomic mass is 10.0. The molecule has 0 bridgehead atoms. The van der Waals surface area contributed by atoms with Crippen molar-refractivity contribution in [1.29, 1.82) is 0 Å². The van der Waals surface area contributed by atoms with Crippen LogP contribution in [0.1, 0.15) is 43.2 Å². The molecule has 0 saturated heterocycles. The van der Waals surface area contributed by atoms with Crippen molar-refractivity contribution in [3.8, 4) is 11.3 Å². The van der Waals surface area contributed by atoms with Crippen LogP contribution in [0, 0.1) is 19.8 Å². The average Bonchev–Trinajstić information content (AvgIpc) is 3.25. The van der Waals surface area contributed by atoms with Crippen LogP contribution in [-0.4, -0.2) is 15.3 Å². The van der Waals surface area contributed by atoms with Gasteiger partial charge in [0.15, 0.2) is 0 Å². The Bertz CT molecular complexity index is 951. The maximum Gasteiger partial charge on any atom is 0.224 e. The summed E-state index contributed by atoms with van der Waals surface area (Å²) in [5.74, 6) is 0.683. The lowest BCUT2D eigenvalue weighted by Crippen LogP contribution is -2.15. The van der Waals surface area contributed by atoms with Gasteiger partial charge in [0.05, 0.1) is 5.69 Å². The predicted molar refractivity (Wildman–Crippen MR) is 105 cm³/mol. The van der Waals surface area contributed by atoms with Crippen molar-refractivity contribution in [2.45, 2.75) is 46.0 Å². The minimum atomic E-state index is 0.128. The highest BCUT2D eigenvalue weighted by Gasteiger charge is 2.19. The molecular formula is C22H25N3O. The molecule has 1 aromatic carbocycles. The van der Waals surface area contributed by atoms with E-state index in [1.54, 1.807) is 0 Å². The first-order valence-corrected chi connectivity index (χ1v) is 9.45. The van der Waals surface area contributed by atoms with E-state index in [0.717, 1.165) is 28.2 Å². The molecule has 0 atom stereocenters. The summed E-state index contributed by atoms with van der Waals surface area (Å²) in [7, 11) is 0. The Morgan fingerprint density at radius 2 is 2.00 bits per heavy atom. The first kappa shape index (κ1) is 16.8. The summed E-state index contributed by atoms with van der Waals surface area (Å²) in [5.41, 5.74) is 6.03. The van der Waals surface area contributed by atoms with Crippen molar-refractivity contribution in [3.63, 3.8) is 0 Å². The molecule has 1 aliphatic carbocycles. The number of benzene rings is 1. The molecule has 4 nitrogen and oxygen atoms in total. The van der Waals surface area contributed by atoms with E-state index < -0.39 is 0 Å². The van der Waals surface area contributed by atoms with E-state index in [1.807, 2.05) is 29.8 Å². The Kier molecular flexibility index (Phi) is 4.49. The predicted octanol–water partition coefficient (Wildman–Crippen LogP) is 5.14. The number of fused-ring (bicyclic) bond motifs is 1. The zero-order valence-electron chi connectivity index (χ0n) is 15.5. The zero-order chi connectivity index (χ0) is 18.1. The van der Waals surface area contributed by atoms with Crippen LogP contribution in [-0.2, 0) is 4.79 Å². The van der Waals surface area contributed by atoms with Gasteiger partial charge in [-0.05, 0) is 61.9 Å². The van der Waals surface area contributed by atoms with E-state index in [1.165, 1.54) is 31.2 Å². The normalized spacial score (nSPS) is 14.8. The Morgan fingerprint density at radius 3 is 2.81 bits per heavy atom. The Labute approximate surface area is 154 Å². The molecule has 3 aromatic rings. The SMILES string of the molecule is Cc1ccn2cc(-c3ccc(C)c(NC(=O)CC4CCCC4)c3)nc2c1. The quantitative estimate of drug-likeness (QED) is 0.710. The number of rotatable bonds is 4. The number of hydrogen-bond donors (Lipinski definition) is 1. The van der Waals surface area contributed by atoms with Gasteiger partial charge in [-0.1, -0.05) is 25.0 Å². The second-order valence-corrected chi connectivity index (χ2v) is 7.53. The maximum atomic E-state index is 12.4. The van der Waals surface area contributed by atoms with Crippen LogP contribution in [0.5, 0.6) is 0 Å². The van der Waals surface area contributed by atoms with Crippen LogP contribution in [0.4, 0.5) is 5.69 Å². The van der Waals surface area contributed by atoms with E-state index in [-0.39, 0.29) is 5.91 Å². The number of imidazole rings is 1. The molecule has 134 valence electrons. The molecule has 0 radical (unpaired) electrons. The molecular weight excluding hydrogens is 322 g/mol. The van der Waals surface area contributed by atoms with Crippen LogP contribution in [0.2, 0.25) is 0 Å². The summed E-state index contributed by atoms with van der Waals surface area (Å²) >= 11 is 0. The van der Waals surface area contributed by atoms with Crippen molar-refractivity contribution >= 4 is 17.2 Å². The maximum absolute atomic E-state index is 12.4. The fourth-order valence-corrected chi connectivity index (χ4v) is 3.82. The first-order valence-electron chi connectivity index (χ1n) is 9.45. The third kappa shape index (κ3) is 3.50. The van der Waals surface area contributed by atoms with Gasteiger partial charge < -0.3 is 9.72 Å². The summed E-state index contributed by atoms with van der Waals surface area (Å²) in [6, 6.07) is 10.3. The van der Waals surface area contributed by atoms with Gasteiger partial charge in [0.2, 0.25) is 5.91 Å². The number of nitrogens with zero attached hydrogens (tertiary/aromatic N) is 2. The van der Waals surface area contributed by atoms with Gasteiger partial charge in [-0.3, -0.25) is 4.79 Å². The van der Waals surface area contributed by atoms with Gasteiger partial charge in [-0.25, -0.2) is 4.98 Å². The third-order valence-corrected chi connectivity index (χ3v) is 5.37. The van der Waals surface area contributed by atoms with E-state index in [4.69, 9.17) is 4.98 Å². The number of hydrogen-bond acceptors (Lipinski definition) is 2. The van der Waals surface area contributed by atoms with Gasteiger partial charge >= 0.3 is 0 Å². The highest BCUT2D eigenvalue weighted by Crippen LogP contribution is 2.29. The second kappa shape index (κ2) is 6.94. The molecule has 1 aliphatic rings. The minimum Gasteiger partial charge on any atom is -0.326 e. The molecule has 4 heteroatoms. The molecule has 0 unspecified atom stereocenters. The molecule has 2 heterocycles. The van der Waals surface area contributed by atoms with E-state index >= 15 is 0 Å². The van der Waals surface area contributed by atoms with Crippen LogP contribution in [0.15, 0.2) is 42.7 Å². The van der Waals surface area contributed by atoms with Gasteiger partial charge in [-0.15, -0.1) is 0 Å². The molecule has 4 rings (SSSR count). The van der Waals surface area contributed by atoms with Crippen LogP contribution < -0.4 is 5.32 Å². The van der Waals surface area contributed by atoms with Crippen molar-refractivity contribution in [1.82, 2.24) is 9.38 Å². The number of pyridine rings is 1. The fourth-order valence-electron chi connectivity index (χ4n) is 3.82. The summed E-state index contributed by atoms with van der Waals surface area (Å²) in [5, 5.41) is 3.12. The minimum absolute atomic E-state index is 0.128. The highest BCUT2D eigenvalue weighted by molar-refractivity contribution is 5.92. The number of aryl methyl sites for hydroxylation is 2. The van der Waals surface area contributed by atoms with Crippen molar-refractivity contribution in [3.05, 3.63) is 53.9 Å². The van der Waals surface area contributed by atoms with Crippen LogP contribution in [0.25, 0.3) is 16.9 Å². The third-order valence-electron chi connectivity index (χ3n) is 5.37. The number of anilines is 1. The zero-order valence-corrected chi connectivity index (χ0v) is 15.5. The van der Waals surface area contributed by atoms with Crippen molar-refractivity contribution in [2.75, 3.05) is 5.32 Å². The van der Waals surface area contributed by atoms with E-state index in [0.29, 0.717) is 12.3 Å². The Morgan fingerprint density at radius 1 is 1.19 bits per heavy atom. The molecule has 1 N–H and O–H groups in total. The van der Waals surface area contributed by atoms with Gasteiger partial charge in [0.25, 0.3) is 0 Å². The van der Waals surface area contributed by atoms with Crippen LogP contribution in [0.3, 0.4) is 0 Å². The number of nitrogens with one attached hydrogen (secondary N) is 1. The van der Waals surface area contributed by atoms with Gasteiger partial charge in [-0.2, -0.15) is 0 Å². The summed E-state index contributed by atoms with van der Waals surface area (Å²) in [4.78, 5) is 17.1. The lowest BCUT2D eigenvalue weighted by molar-refractivity contribution is -0.117. The number of carbonyl (C=O) groups is 1. The lowest BCUT2D eigenvalue weighted by Gasteiger charge is -2.12. The monoisotopic (exact) mass is 347 g/mol. The van der Waals surface area contributed by atoms with Crippen LogP contribution >= 0.6 is 0 Å². The topological polar surface area (TPSA) is 46.4 Å². The smallest absolute Gasteiger partial charge is 0.224 e. The van der Waals surface area contributed by atoms with Crippen molar-refractivity contribution in [2.24, 2.45) is 5.92 Å². The summed E-state index contributed by atoms with van der Waals surface area (Å²) < 4.78 is 2.03. The number of amides is 1. The molecule has 1 fully saturated rings.